The average molecular weight is 541 g/mol. The normalized spacial score (nSPS) is 14.5. The zero-order chi connectivity index (χ0) is 27.9. The highest BCUT2D eigenvalue weighted by atomic mass is 16.2. The average Bonchev–Trinajstić information content (AvgIpc) is 3.40. The molecule has 0 radical (unpaired) electrons. The Labute approximate surface area is 236 Å². The van der Waals surface area contributed by atoms with Crippen molar-refractivity contribution < 1.29 is 4.79 Å². The Morgan fingerprint density at radius 3 is 2.65 bits per heavy atom. The zero-order valence-corrected chi connectivity index (χ0v) is 23.9. The third-order valence-electron chi connectivity index (χ3n) is 7.75. The Balaban J connectivity index is 1.39. The number of hydrogen-bond donors (Lipinski definition) is 1. The van der Waals surface area contributed by atoms with Crippen molar-refractivity contribution in [1.82, 2.24) is 29.4 Å². The number of hydrogen-bond acceptors (Lipinski definition) is 7. The summed E-state index contributed by atoms with van der Waals surface area (Å²) in [5.74, 6) is 2.06. The van der Waals surface area contributed by atoms with Gasteiger partial charge in [-0.15, -0.1) is 0 Å². The summed E-state index contributed by atoms with van der Waals surface area (Å²) in [5, 5.41) is 3.64. The molecule has 0 spiro atoms. The molecule has 4 heterocycles. The molecule has 1 saturated heterocycles. The number of aryl methyl sites for hydroxylation is 1. The lowest BCUT2D eigenvalue weighted by molar-refractivity contribution is 0.0746. The fraction of sp³-hybridized carbons (Fsp3) is 0.452. The molecule has 0 bridgehead atoms. The number of carbonyl (C=O) groups is 1. The molecule has 9 heteroatoms. The van der Waals surface area contributed by atoms with Gasteiger partial charge < -0.3 is 19.7 Å². The van der Waals surface area contributed by atoms with Gasteiger partial charge in [-0.2, -0.15) is 9.97 Å². The second kappa shape index (κ2) is 12.9. The summed E-state index contributed by atoms with van der Waals surface area (Å²) in [6.45, 7) is 10.7. The molecule has 1 amide bonds. The van der Waals surface area contributed by atoms with Gasteiger partial charge in [-0.05, 0) is 37.0 Å². The topological polar surface area (TPSA) is 92.1 Å². The minimum absolute atomic E-state index is 0.0143. The molecular formula is C31H40N8O. The van der Waals surface area contributed by atoms with Crippen LogP contribution in [0.15, 0.2) is 55.1 Å². The molecule has 0 saturated carbocycles. The van der Waals surface area contributed by atoms with Crippen molar-refractivity contribution in [2.75, 3.05) is 42.9 Å². The van der Waals surface area contributed by atoms with Crippen LogP contribution in [0.25, 0.3) is 11.2 Å². The molecule has 210 valence electrons. The first-order valence-corrected chi connectivity index (χ1v) is 14.5. The Hall–Kier alpha value is -4.01. The lowest BCUT2D eigenvalue weighted by atomic mass is 9.99. The number of nitrogens with zero attached hydrogens (tertiary/aromatic N) is 7. The number of benzene rings is 1. The summed E-state index contributed by atoms with van der Waals surface area (Å²) < 4.78 is 2.11. The molecule has 40 heavy (non-hydrogen) atoms. The summed E-state index contributed by atoms with van der Waals surface area (Å²) >= 11 is 0. The smallest absolute Gasteiger partial charge is 0.255 e. The number of nitrogens with one attached hydrogen (secondary N) is 1. The third kappa shape index (κ3) is 6.41. The molecule has 0 aliphatic carbocycles. The van der Waals surface area contributed by atoms with Crippen molar-refractivity contribution in [2.24, 2.45) is 5.92 Å². The molecule has 1 unspecified atom stereocenters. The predicted octanol–water partition coefficient (Wildman–Crippen LogP) is 5.17. The van der Waals surface area contributed by atoms with Crippen molar-refractivity contribution in [1.29, 1.82) is 0 Å². The first kappa shape index (κ1) is 27.6. The number of aromatic nitrogens is 5. The molecule has 1 atom stereocenters. The summed E-state index contributed by atoms with van der Waals surface area (Å²) in [6, 6.07) is 12.1. The fourth-order valence-electron chi connectivity index (χ4n) is 5.29. The van der Waals surface area contributed by atoms with Crippen LogP contribution in [0.1, 0.15) is 61.0 Å². The van der Waals surface area contributed by atoms with Crippen LogP contribution in [-0.2, 0) is 6.54 Å². The van der Waals surface area contributed by atoms with E-state index in [4.69, 9.17) is 15.0 Å². The molecule has 1 fully saturated rings. The maximum atomic E-state index is 12.9. The van der Waals surface area contributed by atoms with Gasteiger partial charge >= 0.3 is 0 Å². The highest BCUT2D eigenvalue weighted by molar-refractivity contribution is 5.94. The molecule has 1 N–H and O–H groups in total. The Bertz CT molecular complexity index is 1410. The van der Waals surface area contributed by atoms with Gasteiger partial charge in [0.1, 0.15) is 0 Å². The van der Waals surface area contributed by atoms with Gasteiger partial charge in [-0.25, -0.2) is 4.98 Å². The lowest BCUT2D eigenvalue weighted by Gasteiger charge is -2.34. The number of imidazole rings is 1. The van der Waals surface area contributed by atoms with Crippen LogP contribution in [0.2, 0.25) is 0 Å². The second-order valence-electron chi connectivity index (χ2n) is 10.7. The largest absolute Gasteiger partial charge is 0.368 e. The number of anilines is 2. The van der Waals surface area contributed by atoms with Gasteiger partial charge in [0.2, 0.25) is 5.95 Å². The van der Waals surface area contributed by atoms with Gasteiger partial charge in [0.25, 0.3) is 5.91 Å². The van der Waals surface area contributed by atoms with Crippen molar-refractivity contribution in [3.63, 3.8) is 0 Å². The van der Waals surface area contributed by atoms with Crippen LogP contribution in [-0.4, -0.2) is 68.0 Å². The van der Waals surface area contributed by atoms with Crippen LogP contribution in [0.4, 0.5) is 11.8 Å². The molecule has 9 nitrogen and oxygen atoms in total. The molecule has 3 aromatic heterocycles. The van der Waals surface area contributed by atoms with E-state index in [0.717, 1.165) is 29.9 Å². The Kier molecular flexibility index (Phi) is 8.88. The van der Waals surface area contributed by atoms with Crippen molar-refractivity contribution in [3.05, 3.63) is 71.8 Å². The van der Waals surface area contributed by atoms with E-state index in [0.29, 0.717) is 50.2 Å². The van der Waals surface area contributed by atoms with E-state index in [9.17, 15) is 4.79 Å². The van der Waals surface area contributed by atoms with Gasteiger partial charge in [-0.3, -0.25) is 9.78 Å². The minimum Gasteiger partial charge on any atom is -0.368 e. The molecule has 5 rings (SSSR count). The van der Waals surface area contributed by atoms with Crippen molar-refractivity contribution in [3.8, 4) is 0 Å². The number of fused-ring (bicyclic) bond motifs is 1. The van der Waals surface area contributed by atoms with Gasteiger partial charge in [0.15, 0.2) is 17.0 Å². The fourth-order valence-corrected chi connectivity index (χ4v) is 5.29. The maximum absolute atomic E-state index is 12.9. The lowest BCUT2D eigenvalue weighted by Crippen LogP contribution is -2.49. The third-order valence-corrected chi connectivity index (χ3v) is 7.75. The number of unbranched alkanes of at least 4 members (excludes halogenated alkanes) is 1. The van der Waals surface area contributed by atoms with Crippen LogP contribution in [0.5, 0.6) is 0 Å². The zero-order valence-electron chi connectivity index (χ0n) is 23.9. The quantitative estimate of drug-likeness (QED) is 0.281. The minimum atomic E-state index is 0.0143. The van der Waals surface area contributed by atoms with E-state index in [1.165, 1.54) is 30.4 Å². The van der Waals surface area contributed by atoms with E-state index in [1.807, 2.05) is 17.3 Å². The first-order valence-electron chi connectivity index (χ1n) is 14.5. The van der Waals surface area contributed by atoms with E-state index in [1.54, 1.807) is 18.5 Å². The molecule has 1 aromatic carbocycles. The predicted molar refractivity (Wildman–Crippen MR) is 160 cm³/mol. The molecule has 1 aliphatic rings. The van der Waals surface area contributed by atoms with Gasteiger partial charge in [-0.1, -0.05) is 62.9 Å². The summed E-state index contributed by atoms with van der Waals surface area (Å²) in [5.41, 5.74) is 4.68. The molecule has 1 aliphatic heterocycles. The summed E-state index contributed by atoms with van der Waals surface area (Å²) in [7, 11) is 0. The SMILES string of the molecule is CCCCC(CC)CNc1nc(N2CCN(C(=O)c3cccnc3)CC2)nc2c1ncn2Cc1cccc(C)c1. The van der Waals surface area contributed by atoms with Crippen LogP contribution < -0.4 is 10.2 Å². The summed E-state index contributed by atoms with van der Waals surface area (Å²) in [6.07, 6.45) is 9.95. The second-order valence-corrected chi connectivity index (χ2v) is 10.7. The number of amides is 1. The molecule has 4 aromatic rings. The summed E-state index contributed by atoms with van der Waals surface area (Å²) in [4.78, 5) is 35.9. The van der Waals surface area contributed by atoms with E-state index in [2.05, 4.69) is 64.8 Å². The molecular weight excluding hydrogens is 500 g/mol. The highest BCUT2D eigenvalue weighted by Gasteiger charge is 2.25. The monoisotopic (exact) mass is 540 g/mol. The standard InChI is InChI=1S/C31H40N8O/c1-4-6-10-24(5-2)19-33-28-27-29(39(22-34-27)21-25-11-7-9-23(3)18-25)36-31(35-28)38-16-14-37(15-17-38)30(40)26-12-8-13-32-20-26/h7-9,11-13,18,20,22,24H,4-6,10,14-17,19,21H2,1-3H3,(H,33,35,36). The maximum Gasteiger partial charge on any atom is 0.255 e. The number of carbonyl (C=O) groups excluding carboxylic acids is 1. The number of pyridine rings is 1. The highest BCUT2D eigenvalue weighted by Crippen LogP contribution is 2.25. The van der Waals surface area contributed by atoms with E-state index < -0.39 is 0 Å². The Morgan fingerprint density at radius 2 is 1.93 bits per heavy atom. The van der Waals surface area contributed by atoms with Crippen molar-refractivity contribution in [2.45, 2.75) is 53.0 Å². The van der Waals surface area contributed by atoms with Gasteiger partial charge in [0.05, 0.1) is 18.4 Å². The van der Waals surface area contributed by atoms with Crippen LogP contribution >= 0.6 is 0 Å². The Morgan fingerprint density at radius 1 is 1.07 bits per heavy atom. The van der Waals surface area contributed by atoms with E-state index in [-0.39, 0.29) is 5.91 Å². The first-order chi connectivity index (χ1) is 19.6. The number of piperazine rings is 1. The number of rotatable bonds is 11. The van der Waals surface area contributed by atoms with Crippen LogP contribution in [0.3, 0.4) is 0 Å². The van der Waals surface area contributed by atoms with Crippen LogP contribution in [0, 0.1) is 12.8 Å². The van der Waals surface area contributed by atoms with Gasteiger partial charge in [0, 0.05) is 45.1 Å². The van der Waals surface area contributed by atoms with E-state index >= 15 is 0 Å². The van der Waals surface area contributed by atoms with Crippen molar-refractivity contribution >= 4 is 28.8 Å².